The van der Waals surface area contributed by atoms with Gasteiger partial charge in [-0.15, -0.1) is 0 Å². The number of hydrogen-bond acceptors (Lipinski definition) is 11. The van der Waals surface area contributed by atoms with Crippen LogP contribution in [0, 0.1) is 5.92 Å². The summed E-state index contributed by atoms with van der Waals surface area (Å²) in [6.07, 6.45) is 9.49. The predicted octanol–water partition coefficient (Wildman–Crippen LogP) is 6.59. The lowest BCUT2D eigenvalue weighted by molar-refractivity contribution is -0.121. The van der Waals surface area contributed by atoms with Gasteiger partial charge in [0, 0.05) is 59.3 Å². The number of H-pyrrole nitrogens is 1. The molecule has 2 fully saturated rings. The molecule has 4 amide bonds. The third kappa shape index (κ3) is 14.5. The quantitative estimate of drug-likeness (QED) is 0.0296. The summed E-state index contributed by atoms with van der Waals surface area (Å²) >= 11 is 1.90. The molecule has 6 N–H and O–H groups in total. The van der Waals surface area contributed by atoms with Crippen molar-refractivity contribution in [3.05, 3.63) is 53.1 Å². The van der Waals surface area contributed by atoms with Crippen molar-refractivity contribution in [2.24, 2.45) is 5.92 Å². The van der Waals surface area contributed by atoms with Crippen molar-refractivity contribution in [1.29, 1.82) is 0 Å². The van der Waals surface area contributed by atoms with E-state index in [2.05, 4.69) is 57.6 Å². The molecule has 336 valence electrons. The molecule has 15 nitrogen and oxygen atoms in total. The van der Waals surface area contributed by atoms with Gasteiger partial charge in [0.25, 0.3) is 5.91 Å². The maximum Gasteiger partial charge on any atom is 0.315 e. The number of fused-ring (bicyclic) bond motifs is 4. The number of unbranched alkanes of at least 4 members (excludes halogenated alkanes) is 1. The third-order valence-electron chi connectivity index (χ3n) is 11.0. The number of thioether (sulfide) groups is 1. The van der Waals surface area contributed by atoms with Gasteiger partial charge < -0.3 is 50.3 Å². The van der Waals surface area contributed by atoms with Crippen molar-refractivity contribution in [1.82, 2.24) is 31.5 Å². The average Bonchev–Trinajstić information content (AvgIpc) is 4.02. The number of urea groups is 1. The lowest BCUT2D eigenvalue weighted by atomic mass is 10.0. The fourth-order valence-electron chi connectivity index (χ4n) is 7.86. The summed E-state index contributed by atoms with van der Waals surface area (Å²) in [5.74, 6) is 3.79. The van der Waals surface area contributed by atoms with Crippen molar-refractivity contribution in [3.63, 3.8) is 0 Å². The van der Waals surface area contributed by atoms with Crippen LogP contribution < -0.4 is 36.1 Å². The summed E-state index contributed by atoms with van der Waals surface area (Å²) in [7, 11) is 3.24. The van der Waals surface area contributed by atoms with Gasteiger partial charge in [-0.3, -0.25) is 14.7 Å². The van der Waals surface area contributed by atoms with E-state index in [1.54, 1.807) is 26.4 Å². The number of methoxy groups -OCH3 is 2. The van der Waals surface area contributed by atoms with Gasteiger partial charge in [-0.25, -0.2) is 4.79 Å². The van der Waals surface area contributed by atoms with Gasteiger partial charge in [0.05, 0.1) is 71.6 Å². The van der Waals surface area contributed by atoms with Crippen LogP contribution in [0.15, 0.2) is 36.4 Å². The molecule has 6 rings (SSSR count). The maximum absolute atomic E-state index is 12.8. The summed E-state index contributed by atoms with van der Waals surface area (Å²) < 4.78 is 27.6. The molecular weight excluding hydrogens is 799 g/mol. The molecule has 3 atom stereocenters. The Bertz CT molecular complexity index is 1840. The molecule has 0 bridgehead atoms. The molecule has 3 heterocycles. The fraction of sp³-hybridized carbons (Fsp3) is 0.600. The number of anilines is 2. The van der Waals surface area contributed by atoms with E-state index in [4.69, 9.17) is 23.7 Å². The summed E-state index contributed by atoms with van der Waals surface area (Å²) in [6.45, 7) is 10.1. The van der Waals surface area contributed by atoms with Crippen LogP contribution in [0.4, 0.5) is 16.3 Å². The van der Waals surface area contributed by atoms with Crippen LogP contribution in [0.1, 0.15) is 93.6 Å². The van der Waals surface area contributed by atoms with Crippen LogP contribution in [0.3, 0.4) is 0 Å². The van der Waals surface area contributed by atoms with Gasteiger partial charge >= 0.3 is 6.03 Å². The average molecular weight is 866 g/mol. The number of aromatic amines is 1. The van der Waals surface area contributed by atoms with E-state index < -0.39 is 0 Å². The van der Waals surface area contributed by atoms with Gasteiger partial charge in [-0.2, -0.15) is 16.9 Å². The Kier molecular flexibility index (Phi) is 19.8. The summed E-state index contributed by atoms with van der Waals surface area (Å²) in [5, 5.41) is 23.1. The Hall–Kier alpha value is -4.51. The number of hydrogen-bond donors (Lipinski definition) is 6. The van der Waals surface area contributed by atoms with Crippen LogP contribution >= 0.6 is 11.8 Å². The van der Waals surface area contributed by atoms with E-state index in [-0.39, 0.29) is 29.9 Å². The van der Waals surface area contributed by atoms with Crippen molar-refractivity contribution < 1.29 is 38.1 Å². The Labute approximate surface area is 365 Å². The van der Waals surface area contributed by atoms with Crippen LogP contribution in [0.5, 0.6) is 11.5 Å². The molecule has 1 aromatic heterocycles. The summed E-state index contributed by atoms with van der Waals surface area (Å²) in [4.78, 5) is 36.4. The highest BCUT2D eigenvalue weighted by molar-refractivity contribution is 8.00. The van der Waals surface area contributed by atoms with Crippen LogP contribution in [0.2, 0.25) is 0 Å². The minimum Gasteiger partial charge on any atom is -0.493 e. The zero-order valence-corrected chi connectivity index (χ0v) is 37.4. The van der Waals surface area contributed by atoms with Gasteiger partial charge in [0.15, 0.2) is 17.3 Å². The molecule has 2 aliphatic heterocycles. The molecular formula is C45H67N7O8S. The summed E-state index contributed by atoms with van der Waals surface area (Å²) in [5.41, 5.74) is 5.39. The SMILES string of the molecule is CCCC(C)CCC.COc1cc2c(cc1OC)-c1[nH]nc(Nc3cccc(C(=O)NCCOCCOCCOCCNC(=O)CCCCC4SCC5NC(=O)NC54)c3)c1C2. The van der Waals surface area contributed by atoms with Gasteiger partial charge in [-0.05, 0) is 54.7 Å². The first-order valence-corrected chi connectivity index (χ1v) is 23.0. The molecule has 3 aromatic rings. The first-order chi connectivity index (χ1) is 29.7. The predicted molar refractivity (Wildman–Crippen MR) is 240 cm³/mol. The zero-order chi connectivity index (χ0) is 43.4. The van der Waals surface area contributed by atoms with Gasteiger partial charge in [-0.1, -0.05) is 58.9 Å². The first-order valence-electron chi connectivity index (χ1n) is 21.9. The number of carbonyl (C=O) groups excluding carboxylic acids is 3. The third-order valence-corrected chi connectivity index (χ3v) is 12.5. The van der Waals surface area contributed by atoms with E-state index in [9.17, 15) is 14.4 Å². The highest BCUT2D eigenvalue weighted by atomic mass is 32.2. The Morgan fingerprint density at radius 3 is 2.28 bits per heavy atom. The number of ether oxygens (including phenoxy) is 5. The smallest absolute Gasteiger partial charge is 0.315 e. The van der Waals surface area contributed by atoms with Crippen LogP contribution in [-0.4, -0.2) is 118 Å². The van der Waals surface area contributed by atoms with Gasteiger partial charge in [0.1, 0.15) is 0 Å². The maximum atomic E-state index is 12.8. The number of amides is 4. The van der Waals surface area contributed by atoms with Crippen molar-refractivity contribution in [2.45, 2.75) is 95.9 Å². The monoisotopic (exact) mass is 865 g/mol. The van der Waals surface area contributed by atoms with E-state index in [1.807, 2.05) is 36.0 Å². The number of aromatic nitrogens is 2. The highest BCUT2D eigenvalue weighted by Crippen LogP contribution is 2.44. The molecule has 3 aliphatic rings. The van der Waals surface area contributed by atoms with Crippen molar-refractivity contribution in [3.8, 4) is 22.8 Å². The number of carbonyl (C=O) groups is 3. The fourth-order valence-corrected chi connectivity index (χ4v) is 9.41. The molecule has 3 unspecified atom stereocenters. The Morgan fingerprint density at radius 1 is 0.885 bits per heavy atom. The second-order valence-corrected chi connectivity index (χ2v) is 16.9. The standard InChI is InChI=1S/C37H49N7O8S.C8H18/c1-48-29-20-24-19-27-33(26(24)21-30(29)49-2)43-44-35(27)40-25-7-5-6-23(18-25)36(46)39-11-13-51-15-17-52-16-14-50-12-10-38-32(45)9-4-3-8-31-34-28(22-53-31)41-37(47)42-34;1-4-6-8(3)7-5-2/h5-7,18,20-21,28,31,34H,3-4,8-17,19,22H2,1-2H3,(H,38,45)(H,39,46)(H2,40,43,44)(H2,41,42,47);8H,4-7H2,1-3H3. The van der Waals surface area contributed by atoms with Crippen LogP contribution in [-0.2, 0) is 25.4 Å². The molecule has 2 aromatic carbocycles. The number of nitrogens with zero attached hydrogens (tertiary/aromatic N) is 1. The highest BCUT2D eigenvalue weighted by Gasteiger charge is 2.42. The lowest BCUT2D eigenvalue weighted by Gasteiger charge is -2.16. The van der Waals surface area contributed by atoms with E-state index in [0.29, 0.717) is 93.7 Å². The molecule has 0 saturated carbocycles. The zero-order valence-electron chi connectivity index (χ0n) is 36.6. The summed E-state index contributed by atoms with van der Waals surface area (Å²) in [6, 6.07) is 11.6. The second-order valence-electron chi connectivity index (χ2n) is 15.7. The minimum atomic E-state index is -0.198. The largest absolute Gasteiger partial charge is 0.493 e. The molecule has 2 saturated heterocycles. The lowest BCUT2D eigenvalue weighted by Crippen LogP contribution is -2.36. The van der Waals surface area contributed by atoms with Crippen LogP contribution in [0.25, 0.3) is 11.3 Å². The minimum absolute atomic E-state index is 0.0283. The van der Waals surface area contributed by atoms with E-state index in [0.717, 1.165) is 59.0 Å². The van der Waals surface area contributed by atoms with Crippen molar-refractivity contribution >= 4 is 41.1 Å². The van der Waals surface area contributed by atoms with Crippen molar-refractivity contribution in [2.75, 3.05) is 78.0 Å². The number of benzene rings is 2. The molecule has 61 heavy (non-hydrogen) atoms. The Balaban J connectivity index is 0.000000800. The first kappa shape index (κ1) is 47.5. The van der Waals surface area contributed by atoms with Gasteiger partial charge in [0.2, 0.25) is 5.91 Å². The molecule has 0 radical (unpaired) electrons. The topological polar surface area (TPSA) is 186 Å². The molecule has 1 aliphatic carbocycles. The number of rotatable bonds is 26. The van der Waals surface area contributed by atoms with E-state index in [1.165, 1.54) is 25.7 Å². The molecule has 16 heteroatoms. The Morgan fingerprint density at radius 2 is 1.57 bits per heavy atom. The second kappa shape index (κ2) is 25.4. The normalized spacial score (nSPS) is 17.1. The number of nitrogens with one attached hydrogen (secondary N) is 6. The molecule has 0 spiro atoms. The van der Waals surface area contributed by atoms with E-state index >= 15 is 0 Å².